The summed E-state index contributed by atoms with van der Waals surface area (Å²) in [6.07, 6.45) is 0.965. The molecule has 2 heterocycles. The van der Waals surface area contributed by atoms with Crippen LogP contribution < -0.4 is 20.5 Å². The van der Waals surface area contributed by atoms with Crippen molar-refractivity contribution in [3.63, 3.8) is 0 Å². The van der Waals surface area contributed by atoms with Crippen molar-refractivity contribution < 1.29 is 22.7 Å². The number of benzene rings is 1. The third kappa shape index (κ3) is 4.36. The van der Waals surface area contributed by atoms with Gasteiger partial charge in [0.05, 0.1) is 4.90 Å². The van der Waals surface area contributed by atoms with Crippen molar-refractivity contribution in [2.45, 2.75) is 37.1 Å². The van der Waals surface area contributed by atoms with E-state index in [4.69, 9.17) is 15.2 Å². The van der Waals surface area contributed by atoms with E-state index in [0.717, 1.165) is 0 Å². The number of nitrogens with one attached hydrogen (secondary N) is 1. The first-order chi connectivity index (χ1) is 12.7. The molecule has 3 rings (SSSR count). The number of rotatable bonds is 5. The number of nitrogens with two attached hydrogens (primary N) is 1. The van der Waals surface area contributed by atoms with Gasteiger partial charge in [-0.2, -0.15) is 4.31 Å². The van der Waals surface area contributed by atoms with Crippen LogP contribution in [0.5, 0.6) is 11.5 Å². The van der Waals surface area contributed by atoms with E-state index in [1.165, 1.54) is 16.4 Å². The van der Waals surface area contributed by atoms with Gasteiger partial charge in [-0.1, -0.05) is 0 Å². The molecule has 3 N–H and O–H groups in total. The molecule has 8 nitrogen and oxygen atoms in total. The van der Waals surface area contributed by atoms with Crippen molar-refractivity contribution in [3.8, 4) is 11.5 Å². The van der Waals surface area contributed by atoms with Crippen LogP contribution in [0.4, 0.5) is 0 Å². The number of hydrogen-bond donors (Lipinski definition) is 2. The maximum Gasteiger partial charge on any atom is 0.243 e. The molecule has 0 aromatic heterocycles. The van der Waals surface area contributed by atoms with Crippen LogP contribution in [0.1, 0.15) is 26.7 Å². The van der Waals surface area contributed by atoms with Crippen molar-refractivity contribution in [2.24, 2.45) is 11.7 Å². The summed E-state index contributed by atoms with van der Waals surface area (Å²) in [6.45, 7) is 5.54. The molecule has 27 heavy (non-hydrogen) atoms. The van der Waals surface area contributed by atoms with Crippen LogP contribution in [0.3, 0.4) is 0 Å². The van der Waals surface area contributed by atoms with Crippen molar-refractivity contribution in [2.75, 3.05) is 32.8 Å². The van der Waals surface area contributed by atoms with Gasteiger partial charge in [-0.05, 0) is 38.8 Å². The number of ether oxygens (including phenoxy) is 2. The molecule has 0 unspecified atom stereocenters. The molecule has 2 aliphatic rings. The Kier molecular flexibility index (Phi) is 5.64. The van der Waals surface area contributed by atoms with Crippen LogP contribution in [0.25, 0.3) is 0 Å². The van der Waals surface area contributed by atoms with E-state index in [-0.39, 0.29) is 16.7 Å². The minimum Gasteiger partial charge on any atom is -0.486 e. The highest BCUT2D eigenvalue weighted by molar-refractivity contribution is 7.89. The second-order valence-corrected chi connectivity index (χ2v) is 9.50. The summed E-state index contributed by atoms with van der Waals surface area (Å²) in [7, 11) is -3.64. The Labute approximate surface area is 160 Å². The number of nitrogens with zero attached hydrogens (tertiary/aromatic N) is 1. The molecule has 1 aromatic rings. The maximum absolute atomic E-state index is 12.9. The first kappa shape index (κ1) is 19.9. The Morgan fingerprint density at radius 3 is 2.48 bits per heavy atom. The molecule has 1 saturated heterocycles. The van der Waals surface area contributed by atoms with Gasteiger partial charge in [0.2, 0.25) is 15.9 Å². The molecule has 0 bridgehead atoms. The molecular formula is C18H27N3O5S. The zero-order chi connectivity index (χ0) is 19.7. The van der Waals surface area contributed by atoms with E-state index in [0.29, 0.717) is 57.2 Å². The number of carbonyl (C=O) groups is 1. The van der Waals surface area contributed by atoms with Gasteiger partial charge >= 0.3 is 0 Å². The Bertz CT molecular complexity index is 801. The lowest BCUT2D eigenvalue weighted by molar-refractivity contribution is -0.127. The summed E-state index contributed by atoms with van der Waals surface area (Å²) in [5, 5.41) is 2.93. The number of sulfonamides is 1. The lowest BCUT2D eigenvalue weighted by Gasteiger charge is -2.33. The molecular weight excluding hydrogens is 370 g/mol. The van der Waals surface area contributed by atoms with E-state index >= 15 is 0 Å². The van der Waals surface area contributed by atoms with Crippen molar-refractivity contribution in [1.29, 1.82) is 0 Å². The fourth-order valence-electron chi connectivity index (χ4n) is 3.18. The molecule has 2 aliphatic heterocycles. The Hall–Kier alpha value is -1.84. The monoisotopic (exact) mass is 397 g/mol. The topological polar surface area (TPSA) is 111 Å². The predicted molar refractivity (Wildman–Crippen MR) is 100 cm³/mol. The second-order valence-electron chi connectivity index (χ2n) is 7.56. The van der Waals surface area contributed by atoms with E-state index in [2.05, 4.69) is 5.32 Å². The average Bonchev–Trinajstić information content (AvgIpc) is 2.67. The first-order valence-electron chi connectivity index (χ1n) is 9.15. The van der Waals surface area contributed by atoms with Crippen molar-refractivity contribution in [3.05, 3.63) is 18.2 Å². The van der Waals surface area contributed by atoms with Gasteiger partial charge in [0.15, 0.2) is 11.5 Å². The van der Waals surface area contributed by atoms with Crippen LogP contribution in [-0.2, 0) is 14.8 Å². The number of piperidine rings is 1. The molecule has 0 atom stereocenters. The van der Waals surface area contributed by atoms with Gasteiger partial charge < -0.3 is 20.5 Å². The van der Waals surface area contributed by atoms with E-state index in [1.807, 2.05) is 13.8 Å². The van der Waals surface area contributed by atoms with Gasteiger partial charge in [0.25, 0.3) is 0 Å². The first-order valence-corrected chi connectivity index (χ1v) is 10.6. The molecule has 0 radical (unpaired) electrons. The molecule has 1 fully saturated rings. The minimum absolute atomic E-state index is 0.0678. The second kappa shape index (κ2) is 7.65. The molecule has 1 aromatic carbocycles. The van der Waals surface area contributed by atoms with Crippen molar-refractivity contribution >= 4 is 15.9 Å². The molecule has 150 valence electrons. The number of hydrogen-bond acceptors (Lipinski definition) is 6. The Morgan fingerprint density at radius 2 is 1.85 bits per heavy atom. The highest BCUT2D eigenvalue weighted by Gasteiger charge is 2.34. The summed E-state index contributed by atoms with van der Waals surface area (Å²) in [5.74, 6) is 0.725. The zero-order valence-corrected chi connectivity index (χ0v) is 16.5. The largest absolute Gasteiger partial charge is 0.486 e. The van der Waals surface area contributed by atoms with Crippen molar-refractivity contribution in [1.82, 2.24) is 9.62 Å². The van der Waals surface area contributed by atoms with Crippen LogP contribution in [0, 0.1) is 5.92 Å². The highest BCUT2D eigenvalue weighted by Crippen LogP contribution is 2.34. The Balaban J connectivity index is 1.65. The summed E-state index contributed by atoms with van der Waals surface area (Å²) in [6, 6.07) is 4.66. The van der Waals surface area contributed by atoms with Gasteiger partial charge in [-0.15, -0.1) is 0 Å². The lowest BCUT2D eigenvalue weighted by atomic mass is 9.95. The van der Waals surface area contributed by atoms with Gasteiger partial charge in [-0.25, -0.2) is 8.42 Å². The number of fused-ring (bicyclic) bond motifs is 1. The smallest absolute Gasteiger partial charge is 0.243 e. The standard InChI is InChI=1S/C18H27N3O5S/c1-18(2,12-19)20-17(22)13-5-7-21(8-6-13)27(23,24)14-3-4-15-16(11-14)26-10-9-25-15/h3-4,11,13H,5-10,12,19H2,1-2H3,(H,20,22). The fraction of sp³-hybridized carbons (Fsp3) is 0.611. The van der Waals surface area contributed by atoms with E-state index in [9.17, 15) is 13.2 Å². The van der Waals surface area contributed by atoms with Crippen LogP contribution in [0.15, 0.2) is 23.1 Å². The number of amides is 1. The molecule has 0 aliphatic carbocycles. The molecule has 9 heteroatoms. The summed E-state index contributed by atoms with van der Waals surface area (Å²) in [5.41, 5.74) is 5.19. The third-order valence-electron chi connectivity index (χ3n) is 4.95. The summed E-state index contributed by atoms with van der Waals surface area (Å²) < 4.78 is 38.2. The SMILES string of the molecule is CC(C)(CN)NC(=O)C1CCN(S(=O)(=O)c2ccc3c(c2)OCCO3)CC1. The Morgan fingerprint density at radius 1 is 1.22 bits per heavy atom. The normalized spacial score (nSPS) is 18.9. The van der Waals surface area contributed by atoms with Gasteiger partial charge in [0.1, 0.15) is 13.2 Å². The fourth-order valence-corrected chi connectivity index (χ4v) is 4.66. The zero-order valence-electron chi connectivity index (χ0n) is 15.7. The minimum atomic E-state index is -3.64. The number of carbonyl (C=O) groups excluding carboxylic acids is 1. The van der Waals surface area contributed by atoms with Crippen LogP contribution in [-0.4, -0.2) is 57.0 Å². The predicted octanol–water partition coefficient (Wildman–Crippen LogP) is 0.712. The third-order valence-corrected chi connectivity index (χ3v) is 6.84. The average molecular weight is 397 g/mol. The van der Waals surface area contributed by atoms with Crippen LogP contribution in [0.2, 0.25) is 0 Å². The molecule has 0 saturated carbocycles. The maximum atomic E-state index is 12.9. The van der Waals surface area contributed by atoms with E-state index < -0.39 is 15.6 Å². The lowest BCUT2D eigenvalue weighted by Crippen LogP contribution is -2.52. The summed E-state index contributed by atoms with van der Waals surface area (Å²) >= 11 is 0. The highest BCUT2D eigenvalue weighted by atomic mass is 32.2. The van der Waals surface area contributed by atoms with Crippen LogP contribution >= 0.6 is 0 Å². The molecule has 0 spiro atoms. The van der Waals surface area contributed by atoms with Gasteiger partial charge in [-0.3, -0.25) is 4.79 Å². The molecule has 1 amide bonds. The quantitative estimate of drug-likeness (QED) is 0.757. The van der Waals surface area contributed by atoms with E-state index in [1.54, 1.807) is 6.07 Å². The summed E-state index contributed by atoms with van der Waals surface area (Å²) in [4.78, 5) is 12.6. The van der Waals surface area contributed by atoms with Gasteiger partial charge in [0, 0.05) is 37.2 Å².